The first-order valence-electron chi connectivity index (χ1n) is 9.82. The molecule has 1 saturated heterocycles. The van der Waals surface area contributed by atoms with E-state index in [1.54, 1.807) is 12.4 Å². The van der Waals surface area contributed by atoms with Crippen LogP contribution in [0.2, 0.25) is 0 Å². The molecule has 0 saturated carbocycles. The average Bonchev–Trinajstić information content (AvgIpc) is 2.69. The van der Waals surface area contributed by atoms with Gasteiger partial charge in [-0.2, -0.15) is 0 Å². The Morgan fingerprint density at radius 3 is 2.48 bits per heavy atom. The number of pyridine rings is 1. The summed E-state index contributed by atoms with van der Waals surface area (Å²) >= 11 is 0. The van der Waals surface area contributed by atoms with Crippen molar-refractivity contribution in [2.24, 2.45) is 11.7 Å². The smallest absolute Gasteiger partial charge is 0.242 e. The van der Waals surface area contributed by atoms with Gasteiger partial charge in [-0.3, -0.25) is 15.1 Å². The van der Waals surface area contributed by atoms with Crippen LogP contribution in [0.5, 0.6) is 0 Å². The molecular weight excluding hydrogens is 336 g/mol. The molecule has 3 rings (SSSR count). The van der Waals surface area contributed by atoms with Crippen LogP contribution in [-0.2, 0) is 16.8 Å². The third-order valence-corrected chi connectivity index (χ3v) is 5.62. The second-order valence-corrected chi connectivity index (χ2v) is 7.58. The summed E-state index contributed by atoms with van der Waals surface area (Å²) < 4.78 is 0. The number of nitrogens with one attached hydrogen (secondary N) is 2. The molecule has 144 valence electrons. The molecule has 1 atom stereocenters. The van der Waals surface area contributed by atoms with Crippen molar-refractivity contribution in [3.63, 3.8) is 0 Å². The van der Waals surface area contributed by atoms with E-state index in [1.807, 2.05) is 43.3 Å². The van der Waals surface area contributed by atoms with Gasteiger partial charge < -0.3 is 11.1 Å². The predicted octanol–water partition coefficient (Wildman–Crippen LogP) is 2.29. The Morgan fingerprint density at radius 2 is 1.85 bits per heavy atom. The molecule has 1 aliphatic rings. The second-order valence-electron chi connectivity index (χ2n) is 7.58. The SMILES string of the molecule is Cc1ccc(C(Cc2ccncc2)(NCCC2CCNCC2)C(N)=O)cc1. The molecule has 5 heteroatoms. The van der Waals surface area contributed by atoms with Gasteiger partial charge in [0, 0.05) is 18.8 Å². The number of benzene rings is 1. The normalized spacial score (nSPS) is 17.4. The van der Waals surface area contributed by atoms with Crippen LogP contribution in [0, 0.1) is 12.8 Å². The third kappa shape index (κ3) is 4.93. The van der Waals surface area contributed by atoms with Crippen molar-refractivity contribution in [2.45, 2.75) is 38.1 Å². The number of nitrogens with two attached hydrogens (primary N) is 1. The lowest BCUT2D eigenvalue weighted by Crippen LogP contribution is -2.54. The van der Waals surface area contributed by atoms with Crippen LogP contribution in [-0.4, -0.2) is 30.5 Å². The van der Waals surface area contributed by atoms with Gasteiger partial charge in [0.1, 0.15) is 5.54 Å². The van der Waals surface area contributed by atoms with Gasteiger partial charge in [-0.25, -0.2) is 0 Å². The van der Waals surface area contributed by atoms with E-state index < -0.39 is 5.54 Å². The fourth-order valence-corrected chi connectivity index (χ4v) is 3.89. The van der Waals surface area contributed by atoms with Crippen molar-refractivity contribution in [1.29, 1.82) is 0 Å². The van der Waals surface area contributed by atoms with Gasteiger partial charge in [0.25, 0.3) is 0 Å². The number of rotatable bonds is 8. The predicted molar refractivity (Wildman–Crippen MR) is 108 cm³/mol. The fraction of sp³-hybridized carbons (Fsp3) is 0.455. The molecule has 1 unspecified atom stereocenters. The lowest BCUT2D eigenvalue weighted by atomic mass is 9.82. The Bertz CT molecular complexity index is 726. The molecule has 0 radical (unpaired) electrons. The van der Waals surface area contributed by atoms with E-state index in [0.717, 1.165) is 42.7 Å². The summed E-state index contributed by atoms with van der Waals surface area (Å²) in [7, 11) is 0. The molecule has 1 aromatic heterocycles. The van der Waals surface area contributed by atoms with Crippen LogP contribution in [0.3, 0.4) is 0 Å². The number of hydrogen-bond donors (Lipinski definition) is 3. The van der Waals surface area contributed by atoms with Crippen LogP contribution in [0.25, 0.3) is 0 Å². The molecule has 0 aliphatic carbocycles. The van der Waals surface area contributed by atoms with Crippen molar-refractivity contribution in [1.82, 2.24) is 15.6 Å². The first-order chi connectivity index (χ1) is 13.1. The van der Waals surface area contributed by atoms with Gasteiger partial charge in [0.05, 0.1) is 0 Å². The van der Waals surface area contributed by atoms with E-state index in [4.69, 9.17) is 5.73 Å². The largest absolute Gasteiger partial charge is 0.368 e. The van der Waals surface area contributed by atoms with E-state index in [9.17, 15) is 4.79 Å². The second kappa shape index (κ2) is 9.11. The molecule has 0 spiro atoms. The standard InChI is InChI=1S/C22H30N4O/c1-17-2-4-20(5-3-17)22(21(23)27,16-19-8-13-25-14-9-19)26-15-10-18-6-11-24-12-7-18/h2-5,8-9,13-14,18,24,26H,6-7,10-12,15-16H2,1H3,(H2,23,27). The summed E-state index contributed by atoms with van der Waals surface area (Å²) in [4.78, 5) is 16.8. The fourth-order valence-electron chi connectivity index (χ4n) is 3.89. The lowest BCUT2D eigenvalue weighted by molar-refractivity contribution is -0.124. The van der Waals surface area contributed by atoms with E-state index in [-0.39, 0.29) is 5.91 Å². The Morgan fingerprint density at radius 1 is 1.19 bits per heavy atom. The summed E-state index contributed by atoms with van der Waals surface area (Å²) in [6.45, 7) is 4.98. The minimum absolute atomic E-state index is 0.339. The van der Waals surface area contributed by atoms with Crippen molar-refractivity contribution in [3.05, 3.63) is 65.5 Å². The summed E-state index contributed by atoms with van der Waals surface area (Å²) in [6.07, 6.45) is 7.47. The molecule has 0 bridgehead atoms. The minimum Gasteiger partial charge on any atom is -0.368 e. The summed E-state index contributed by atoms with van der Waals surface area (Å²) in [6, 6.07) is 12.0. The number of aryl methyl sites for hydroxylation is 1. The molecule has 1 aliphatic heterocycles. The van der Waals surface area contributed by atoms with Gasteiger partial charge >= 0.3 is 0 Å². The first-order valence-corrected chi connectivity index (χ1v) is 9.82. The monoisotopic (exact) mass is 366 g/mol. The van der Waals surface area contributed by atoms with Gasteiger partial charge in [-0.1, -0.05) is 29.8 Å². The molecule has 5 nitrogen and oxygen atoms in total. The quantitative estimate of drug-likeness (QED) is 0.670. The molecule has 2 aromatic rings. The number of aromatic nitrogens is 1. The molecule has 27 heavy (non-hydrogen) atoms. The van der Waals surface area contributed by atoms with E-state index in [1.165, 1.54) is 12.8 Å². The zero-order chi connectivity index (χ0) is 19.1. The van der Waals surface area contributed by atoms with Crippen LogP contribution in [0.1, 0.15) is 36.0 Å². The van der Waals surface area contributed by atoms with Crippen molar-refractivity contribution >= 4 is 5.91 Å². The van der Waals surface area contributed by atoms with Crippen LogP contribution >= 0.6 is 0 Å². The van der Waals surface area contributed by atoms with Crippen LogP contribution < -0.4 is 16.4 Å². The van der Waals surface area contributed by atoms with E-state index >= 15 is 0 Å². The summed E-state index contributed by atoms with van der Waals surface area (Å²) in [5, 5.41) is 6.95. The molecule has 1 amide bonds. The molecule has 2 heterocycles. The van der Waals surface area contributed by atoms with Gasteiger partial charge in [-0.15, -0.1) is 0 Å². The maximum Gasteiger partial charge on any atom is 0.242 e. The van der Waals surface area contributed by atoms with E-state index in [2.05, 4.69) is 15.6 Å². The van der Waals surface area contributed by atoms with Crippen LogP contribution in [0.15, 0.2) is 48.8 Å². The number of carbonyl (C=O) groups is 1. The highest BCUT2D eigenvalue weighted by Gasteiger charge is 2.38. The first kappa shape index (κ1) is 19.5. The lowest BCUT2D eigenvalue weighted by Gasteiger charge is -2.34. The zero-order valence-electron chi connectivity index (χ0n) is 16.1. The molecular formula is C22H30N4O. The molecule has 1 aromatic carbocycles. The highest BCUT2D eigenvalue weighted by Crippen LogP contribution is 2.27. The number of primary amides is 1. The van der Waals surface area contributed by atoms with E-state index in [0.29, 0.717) is 12.3 Å². The third-order valence-electron chi connectivity index (χ3n) is 5.62. The number of amides is 1. The number of carbonyl (C=O) groups excluding carboxylic acids is 1. The Kier molecular flexibility index (Phi) is 6.58. The van der Waals surface area contributed by atoms with Crippen LogP contribution in [0.4, 0.5) is 0 Å². The maximum atomic E-state index is 12.7. The molecule has 1 fully saturated rings. The Balaban J connectivity index is 1.83. The Labute approximate surface area is 161 Å². The zero-order valence-corrected chi connectivity index (χ0v) is 16.1. The highest BCUT2D eigenvalue weighted by molar-refractivity contribution is 5.86. The molecule has 4 N–H and O–H groups in total. The maximum absolute atomic E-state index is 12.7. The van der Waals surface area contributed by atoms with Crippen molar-refractivity contribution in [3.8, 4) is 0 Å². The Hall–Kier alpha value is -2.24. The highest BCUT2D eigenvalue weighted by atomic mass is 16.1. The van der Waals surface area contributed by atoms with Crippen molar-refractivity contribution in [2.75, 3.05) is 19.6 Å². The topological polar surface area (TPSA) is 80.0 Å². The summed E-state index contributed by atoms with van der Waals surface area (Å²) in [5.74, 6) is 0.358. The van der Waals surface area contributed by atoms with Gasteiger partial charge in [0.2, 0.25) is 5.91 Å². The number of nitrogens with zero attached hydrogens (tertiary/aromatic N) is 1. The number of hydrogen-bond acceptors (Lipinski definition) is 4. The van der Waals surface area contributed by atoms with Gasteiger partial charge in [-0.05, 0) is 75.0 Å². The number of piperidine rings is 1. The minimum atomic E-state index is -0.915. The van der Waals surface area contributed by atoms with Gasteiger partial charge in [0.15, 0.2) is 0 Å². The average molecular weight is 367 g/mol. The van der Waals surface area contributed by atoms with Crippen molar-refractivity contribution < 1.29 is 4.79 Å². The summed E-state index contributed by atoms with van der Waals surface area (Å²) in [5.41, 5.74) is 8.19.